The van der Waals surface area contributed by atoms with E-state index in [1.165, 1.54) is 0 Å². The number of rotatable bonds is 3. The highest BCUT2D eigenvalue weighted by Crippen LogP contribution is 2.22. The Morgan fingerprint density at radius 2 is 1.93 bits per heavy atom. The molecule has 3 aliphatic heterocycles. The van der Waals surface area contributed by atoms with Crippen LogP contribution in [-0.2, 0) is 4.79 Å². The molecule has 3 aliphatic rings. The van der Waals surface area contributed by atoms with E-state index in [0.717, 1.165) is 31.5 Å². The third kappa shape index (κ3) is 4.64. The number of piperazine rings is 1. The molecule has 1 unspecified atom stereocenters. The van der Waals surface area contributed by atoms with Gasteiger partial charge in [0, 0.05) is 56.6 Å². The van der Waals surface area contributed by atoms with Gasteiger partial charge in [-0.2, -0.15) is 0 Å². The molecule has 1 atom stereocenters. The number of carbonyl (C=O) groups is 3. The summed E-state index contributed by atoms with van der Waals surface area (Å²) in [5, 5.41) is 5.93. The molecule has 0 bridgehead atoms. The van der Waals surface area contributed by atoms with Crippen molar-refractivity contribution in [3.05, 3.63) is 29.8 Å². The van der Waals surface area contributed by atoms with Crippen LogP contribution in [0.25, 0.3) is 0 Å². The van der Waals surface area contributed by atoms with Crippen LogP contribution in [0.4, 0.5) is 10.5 Å². The lowest BCUT2D eigenvalue weighted by molar-refractivity contribution is -0.135. The summed E-state index contributed by atoms with van der Waals surface area (Å²) < 4.78 is 0. The molecule has 29 heavy (non-hydrogen) atoms. The number of nitrogens with zero attached hydrogens (tertiary/aromatic N) is 3. The van der Waals surface area contributed by atoms with Crippen molar-refractivity contribution in [2.24, 2.45) is 0 Å². The Morgan fingerprint density at radius 1 is 1.07 bits per heavy atom. The van der Waals surface area contributed by atoms with E-state index in [1.54, 1.807) is 17.0 Å². The Labute approximate surface area is 177 Å². The predicted molar refractivity (Wildman–Crippen MR) is 113 cm³/mol. The molecule has 0 radical (unpaired) electrons. The Balaban J connectivity index is 0.00000240. The van der Waals surface area contributed by atoms with Gasteiger partial charge < -0.3 is 20.4 Å². The fourth-order valence-electron chi connectivity index (χ4n) is 4.27. The van der Waals surface area contributed by atoms with E-state index in [2.05, 4.69) is 10.6 Å². The molecule has 1 aromatic carbocycles. The molecule has 0 saturated carbocycles. The summed E-state index contributed by atoms with van der Waals surface area (Å²) in [7, 11) is 0. The highest BCUT2D eigenvalue weighted by Gasteiger charge is 2.32. The van der Waals surface area contributed by atoms with Crippen LogP contribution in [0.2, 0.25) is 0 Å². The Hall–Kier alpha value is -2.32. The van der Waals surface area contributed by atoms with Crippen LogP contribution in [-0.4, -0.2) is 79.5 Å². The normalized spacial score (nSPS) is 22.8. The fraction of sp³-hybridized carbons (Fsp3) is 0.550. The fourth-order valence-corrected chi connectivity index (χ4v) is 4.27. The van der Waals surface area contributed by atoms with Gasteiger partial charge in [-0.15, -0.1) is 12.4 Å². The van der Waals surface area contributed by atoms with Gasteiger partial charge in [-0.3, -0.25) is 14.5 Å². The van der Waals surface area contributed by atoms with Crippen LogP contribution in [0.3, 0.4) is 0 Å². The number of amides is 4. The first-order valence-corrected chi connectivity index (χ1v) is 10.1. The maximum absolute atomic E-state index is 13.1. The van der Waals surface area contributed by atoms with E-state index >= 15 is 0 Å². The predicted octanol–water partition coefficient (Wildman–Crippen LogP) is 1.06. The highest BCUT2D eigenvalue weighted by atomic mass is 35.5. The average Bonchev–Trinajstić information content (AvgIpc) is 2.74. The molecule has 1 aromatic rings. The summed E-state index contributed by atoms with van der Waals surface area (Å²) in [6.45, 7) is 4.49. The zero-order valence-electron chi connectivity index (χ0n) is 16.4. The number of anilines is 1. The minimum absolute atomic E-state index is 0. The second-order valence-corrected chi connectivity index (χ2v) is 7.60. The molecule has 2 N–H and O–H groups in total. The third-order valence-corrected chi connectivity index (χ3v) is 5.74. The van der Waals surface area contributed by atoms with Gasteiger partial charge in [0.25, 0.3) is 5.91 Å². The lowest BCUT2D eigenvalue weighted by atomic mass is 10.0. The number of benzene rings is 1. The Morgan fingerprint density at radius 3 is 2.72 bits per heavy atom. The van der Waals surface area contributed by atoms with Crippen molar-refractivity contribution in [3.63, 3.8) is 0 Å². The van der Waals surface area contributed by atoms with Crippen LogP contribution in [0.1, 0.15) is 29.6 Å². The third-order valence-electron chi connectivity index (χ3n) is 5.74. The van der Waals surface area contributed by atoms with E-state index in [-0.39, 0.29) is 36.3 Å². The molecule has 158 valence electrons. The lowest BCUT2D eigenvalue weighted by Crippen LogP contribution is -2.57. The van der Waals surface area contributed by atoms with Crippen molar-refractivity contribution in [3.8, 4) is 0 Å². The first-order chi connectivity index (χ1) is 13.6. The molecule has 0 aromatic heterocycles. The number of hydrogen-bond donors (Lipinski definition) is 2. The van der Waals surface area contributed by atoms with Gasteiger partial charge in [-0.25, -0.2) is 4.79 Å². The quantitative estimate of drug-likeness (QED) is 0.764. The number of hydrogen-bond acceptors (Lipinski definition) is 4. The first kappa shape index (κ1) is 21.4. The molecule has 9 heteroatoms. The maximum atomic E-state index is 13.1. The maximum Gasteiger partial charge on any atom is 0.321 e. The van der Waals surface area contributed by atoms with Gasteiger partial charge in [0.1, 0.15) is 0 Å². The number of piperidine rings is 1. The van der Waals surface area contributed by atoms with E-state index in [0.29, 0.717) is 44.8 Å². The Bertz CT molecular complexity index is 774. The molecule has 3 fully saturated rings. The monoisotopic (exact) mass is 421 g/mol. The Kier molecular flexibility index (Phi) is 6.97. The smallest absolute Gasteiger partial charge is 0.321 e. The van der Waals surface area contributed by atoms with Gasteiger partial charge in [-0.1, -0.05) is 6.07 Å². The first-order valence-electron chi connectivity index (χ1n) is 10.1. The SMILES string of the molecule is Cl.O=C(c1cccc(N2CCCNC2=O)c1)N1CCCC(N2CCNCC2=O)C1. The van der Waals surface area contributed by atoms with Crippen LogP contribution in [0.15, 0.2) is 24.3 Å². The standard InChI is InChI=1S/C20H27N5O3.ClH/c26-18-13-21-8-11-24(18)17-6-2-9-23(14-17)19(27)15-4-1-5-16(12-15)25-10-3-7-22-20(25)28;/h1,4-5,12,17,21H,2-3,6-11,13-14H2,(H,22,28);1H. The van der Waals surface area contributed by atoms with E-state index < -0.39 is 0 Å². The van der Waals surface area contributed by atoms with Gasteiger partial charge in [0.05, 0.1) is 6.54 Å². The minimum Gasteiger partial charge on any atom is -0.338 e. The summed E-state index contributed by atoms with van der Waals surface area (Å²) in [6, 6.07) is 7.25. The van der Waals surface area contributed by atoms with Crippen molar-refractivity contribution < 1.29 is 14.4 Å². The minimum atomic E-state index is -0.119. The zero-order chi connectivity index (χ0) is 19.5. The molecule has 0 spiro atoms. The number of nitrogens with one attached hydrogen (secondary N) is 2. The number of carbonyl (C=O) groups excluding carboxylic acids is 3. The molecule has 0 aliphatic carbocycles. The topological polar surface area (TPSA) is 85.0 Å². The summed E-state index contributed by atoms with van der Waals surface area (Å²) >= 11 is 0. The van der Waals surface area contributed by atoms with Gasteiger partial charge in [-0.05, 0) is 37.5 Å². The van der Waals surface area contributed by atoms with E-state index in [4.69, 9.17) is 0 Å². The molecule has 4 rings (SSSR count). The summed E-state index contributed by atoms with van der Waals surface area (Å²) in [5.41, 5.74) is 1.33. The van der Waals surface area contributed by atoms with Crippen molar-refractivity contribution in [2.45, 2.75) is 25.3 Å². The average molecular weight is 422 g/mol. The van der Waals surface area contributed by atoms with Gasteiger partial charge in [0.15, 0.2) is 0 Å². The van der Waals surface area contributed by atoms with Crippen LogP contribution in [0.5, 0.6) is 0 Å². The molecular weight excluding hydrogens is 394 g/mol. The lowest BCUT2D eigenvalue weighted by Gasteiger charge is -2.41. The molecule has 3 heterocycles. The molecular formula is C20H28ClN5O3. The van der Waals surface area contributed by atoms with Crippen molar-refractivity contribution in [1.82, 2.24) is 20.4 Å². The van der Waals surface area contributed by atoms with Crippen molar-refractivity contribution in [1.29, 1.82) is 0 Å². The molecule has 8 nitrogen and oxygen atoms in total. The van der Waals surface area contributed by atoms with Gasteiger partial charge >= 0.3 is 6.03 Å². The summed E-state index contributed by atoms with van der Waals surface area (Å²) in [4.78, 5) is 42.9. The molecule has 4 amide bonds. The van der Waals surface area contributed by atoms with Crippen LogP contribution >= 0.6 is 12.4 Å². The second kappa shape index (κ2) is 9.45. The van der Waals surface area contributed by atoms with Gasteiger partial charge in [0.2, 0.25) is 5.91 Å². The number of urea groups is 1. The van der Waals surface area contributed by atoms with Crippen molar-refractivity contribution >= 4 is 35.9 Å². The number of halogens is 1. The van der Waals surface area contributed by atoms with E-state index in [9.17, 15) is 14.4 Å². The number of likely N-dealkylation sites (tertiary alicyclic amines) is 1. The largest absolute Gasteiger partial charge is 0.338 e. The summed E-state index contributed by atoms with van der Waals surface area (Å²) in [6.07, 6.45) is 2.71. The zero-order valence-corrected chi connectivity index (χ0v) is 17.2. The summed E-state index contributed by atoms with van der Waals surface area (Å²) in [5.74, 6) is 0.0789. The second-order valence-electron chi connectivity index (χ2n) is 7.60. The van der Waals surface area contributed by atoms with Crippen LogP contribution < -0.4 is 15.5 Å². The molecule has 3 saturated heterocycles. The van der Waals surface area contributed by atoms with Crippen molar-refractivity contribution in [2.75, 3.05) is 50.7 Å². The van der Waals surface area contributed by atoms with E-state index in [1.807, 2.05) is 21.9 Å². The highest BCUT2D eigenvalue weighted by molar-refractivity contribution is 5.98. The van der Waals surface area contributed by atoms with Crippen LogP contribution in [0, 0.1) is 0 Å².